The maximum absolute atomic E-state index is 5.98. The van der Waals surface area contributed by atoms with E-state index in [4.69, 9.17) is 9.47 Å². The second-order valence-corrected chi connectivity index (χ2v) is 8.59. The standard InChI is InChI=1S/2C13H16N2O.C2H6/c2*1-2-13-10(3-8-15-13)9-12(1)16-11-4-6-14-7-5-11;1-2/h2*1-3,8-9,11,14-15H,4-7H2;1-2H3. The molecule has 0 aliphatic carbocycles. The fourth-order valence-electron chi connectivity index (χ4n) is 4.42. The Morgan fingerprint density at radius 1 is 0.588 bits per heavy atom. The maximum atomic E-state index is 5.98. The number of hydrogen-bond donors (Lipinski definition) is 4. The Labute approximate surface area is 202 Å². The molecule has 2 aliphatic rings. The molecule has 182 valence electrons. The fourth-order valence-corrected chi connectivity index (χ4v) is 4.42. The molecule has 6 nitrogen and oxygen atoms in total. The molecule has 2 aromatic heterocycles. The molecule has 4 heterocycles. The van der Waals surface area contributed by atoms with E-state index in [0.29, 0.717) is 12.2 Å². The van der Waals surface area contributed by atoms with Gasteiger partial charge in [0.2, 0.25) is 0 Å². The van der Waals surface area contributed by atoms with E-state index in [9.17, 15) is 0 Å². The van der Waals surface area contributed by atoms with E-state index in [1.54, 1.807) is 0 Å². The lowest BCUT2D eigenvalue weighted by atomic mass is 10.1. The summed E-state index contributed by atoms with van der Waals surface area (Å²) >= 11 is 0. The number of nitrogens with one attached hydrogen (secondary N) is 4. The van der Waals surface area contributed by atoms with E-state index in [2.05, 4.69) is 57.0 Å². The smallest absolute Gasteiger partial charge is 0.120 e. The molecule has 6 heteroatoms. The van der Waals surface area contributed by atoms with Crippen LogP contribution < -0.4 is 20.1 Å². The summed E-state index contributed by atoms with van der Waals surface area (Å²) in [5, 5.41) is 9.11. The van der Waals surface area contributed by atoms with Gasteiger partial charge >= 0.3 is 0 Å². The first-order valence-corrected chi connectivity index (χ1v) is 12.7. The van der Waals surface area contributed by atoms with Crippen LogP contribution in [0.1, 0.15) is 39.5 Å². The Balaban J connectivity index is 0.000000150. The van der Waals surface area contributed by atoms with Crippen molar-refractivity contribution in [2.45, 2.75) is 51.7 Å². The van der Waals surface area contributed by atoms with E-state index in [-0.39, 0.29) is 0 Å². The van der Waals surface area contributed by atoms with Crippen LogP contribution in [0.4, 0.5) is 0 Å². The zero-order chi connectivity index (χ0) is 23.6. The second kappa shape index (κ2) is 12.5. The summed E-state index contributed by atoms with van der Waals surface area (Å²) in [5.74, 6) is 1.97. The SMILES string of the molecule is CC.c1cc2cc(OC3CCNCC3)ccc2[nH]1.c1cc2cc(OC3CCNCC3)ccc2[nH]1. The van der Waals surface area contributed by atoms with Crippen LogP contribution in [0.2, 0.25) is 0 Å². The minimum Gasteiger partial charge on any atom is -0.490 e. The average Bonchev–Trinajstić information content (AvgIpc) is 3.56. The number of H-pyrrole nitrogens is 2. The molecule has 0 spiro atoms. The number of rotatable bonds is 4. The number of hydrogen-bond acceptors (Lipinski definition) is 4. The van der Waals surface area contributed by atoms with Gasteiger partial charge in [-0.25, -0.2) is 0 Å². The molecule has 0 unspecified atom stereocenters. The van der Waals surface area contributed by atoms with Gasteiger partial charge in [-0.3, -0.25) is 0 Å². The first-order valence-electron chi connectivity index (χ1n) is 12.7. The molecule has 4 N–H and O–H groups in total. The van der Waals surface area contributed by atoms with E-state index in [0.717, 1.165) is 74.4 Å². The zero-order valence-corrected chi connectivity index (χ0v) is 20.4. The lowest BCUT2D eigenvalue weighted by Crippen LogP contribution is -2.34. The predicted molar refractivity (Wildman–Crippen MR) is 141 cm³/mol. The van der Waals surface area contributed by atoms with Crippen molar-refractivity contribution in [2.24, 2.45) is 0 Å². The van der Waals surface area contributed by atoms with Crippen LogP contribution in [0.5, 0.6) is 11.5 Å². The van der Waals surface area contributed by atoms with E-state index < -0.39 is 0 Å². The number of aromatic amines is 2. The molecule has 0 atom stereocenters. The number of fused-ring (bicyclic) bond motifs is 2. The minimum absolute atomic E-state index is 0.373. The molecule has 34 heavy (non-hydrogen) atoms. The first kappa shape index (κ1) is 24.2. The van der Waals surface area contributed by atoms with Gasteiger partial charge in [0.15, 0.2) is 0 Å². The Morgan fingerprint density at radius 2 is 1.00 bits per heavy atom. The summed E-state index contributed by atoms with van der Waals surface area (Å²) < 4.78 is 12.0. The Bertz CT molecular complexity index is 1030. The van der Waals surface area contributed by atoms with Crippen molar-refractivity contribution in [3.05, 3.63) is 60.9 Å². The summed E-state index contributed by atoms with van der Waals surface area (Å²) in [6.07, 6.45) is 9.07. The maximum Gasteiger partial charge on any atom is 0.120 e. The molecule has 0 amide bonds. The first-order chi connectivity index (χ1) is 16.8. The van der Waals surface area contributed by atoms with Gasteiger partial charge in [-0.05, 0) is 100 Å². The highest BCUT2D eigenvalue weighted by molar-refractivity contribution is 5.81. The van der Waals surface area contributed by atoms with Crippen molar-refractivity contribution in [3.63, 3.8) is 0 Å². The average molecular weight is 463 g/mol. The molecular formula is C28H38N4O2. The van der Waals surface area contributed by atoms with Crippen LogP contribution in [-0.4, -0.2) is 48.4 Å². The molecule has 4 aromatic rings. The van der Waals surface area contributed by atoms with Crippen molar-refractivity contribution in [2.75, 3.05) is 26.2 Å². The van der Waals surface area contributed by atoms with Crippen LogP contribution in [0.15, 0.2) is 60.9 Å². The summed E-state index contributed by atoms with van der Waals surface area (Å²) in [6.45, 7) is 8.27. The predicted octanol–water partition coefficient (Wildman–Crippen LogP) is 5.62. The minimum atomic E-state index is 0.373. The Morgan fingerprint density at radius 3 is 1.41 bits per heavy atom. The summed E-state index contributed by atoms with van der Waals surface area (Å²) in [7, 11) is 0. The normalized spacial score (nSPS) is 16.9. The van der Waals surface area contributed by atoms with Crippen molar-refractivity contribution < 1.29 is 9.47 Å². The van der Waals surface area contributed by atoms with Gasteiger partial charge in [-0.15, -0.1) is 0 Å². The summed E-state index contributed by atoms with van der Waals surface area (Å²) in [4.78, 5) is 6.37. The van der Waals surface area contributed by atoms with Crippen molar-refractivity contribution in [3.8, 4) is 11.5 Å². The number of piperidine rings is 2. The van der Waals surface area contributed by atoms with Crippen LogP contribution in [-0.2, 0) is 0 Å². The van der Waals surface area contributed by atoms with Gasteiger partial charge in [-0.2, -0.15) is 0 Å². The van der Waals surface area contributed by atoms with Crippen LogP contribution in [0.25, 0.3) is 21.8 Å². The van der Waals surface area contributed by atoms with Crippen molar-refractivity contribution >= 4 is 21.8 Å². The van der Waals surface area contributed by atoms with Crippen LogP contribution in [0.3, 0.4) is 0 Å². The van der Waals surface area contributed by atoms with E-state index >= 15 is 0 Å². The lowest BCUT2D eigenvalue weighted by molar-refractivity contribution is 0.162. The lowest BCUT2D eigenvalue weighted by Gasteiger charge is -2.23. The molecule has 2 aromatic carbocycles. The Hall–Kier alpha value is -2.96. The summed E-state index contributed by atoms with van der Waals surface area (Å²) in [5.41, 5.74) is 2.33. The number of aromatic nitrogens is 2. The highest BCUT2D eigenvalue weighted by Crippen LogP contribution is 2.23. The van der Waals surface area contributed by atoms with Crippen LogP contribution >= 0.6 is 0 Å². The molecular weight excluding hydrogens is 424 g/mol. The second-order valence-electron chi connectivity index (χ2n) is 8.59. The van der Waals surface area contributed by atoms with Gasteiger partial charge in [0, 0.05) is 34.2 Å². The number of ether oxygens (including phenoxy) is 2. The summed E-state index contributed by atoms with van der Waals surface area (Å²) in [6, 6.07) is 16.6. The van der Waals surface area contributed by atoms with Crippen LogP contribution in [0, 0.1) is 0 Å². The van der Waals surface area contributed by atoms with Gasteiger partial charge < -0.3 is 30.1 Å². The highest BCUT2D eigenvalue weighted by atomic mass is 16.5. The third-order valence-corrected chi connectivity index (χ3v) is 6.23. The van der Waals surface area contributed by atoms with E-state index in [1.807, 2.05) is 38.4 Å². The fraction of sp³-hybridized carbons (Fsp3) is 0.429. The van der Waals surface area contributed by atoms with Crippen molar-refractivity contribution in [1.82, 2.24) is 20.6 Å². The third kappa shape index (κ3) is 6.55. The molecule has 2 aliphatic heterocycles. The topological polar surface area (TPSA) is 74.1 Å². The molecule has 2 saturated heterocycles. The third-order valence-electron chi connectivity index (χ3n) is 6.23. The Kier molecular flexibility index (Phi) is 8.88. The zero-order valence-electron chi connectivity index (χ0n) is 20.4. The molecule has 2 fully saturated rings. The van der Waals surface area contributed by atoms with Gasteiger partial charge in [-0.1, -0.05) is 13.8 Å². The van der Waals surface area contributed by atoms with Gasteiger partial charge in [0.1, 0.15) is 23.7 Å². The van der Waals surface area contributed by atoms with Crippen molar-refractivity contribution in [1.29, 1.82) is 0 Å². The van der Waals surface area contributed by atoms with Gasteiger partial charge in [0.25, 0.3) is 0 Å². The molecule has 0 radical (unpaired) electrons. The molecule has 0 saturated carbocycles. The van der Waals surface area contributed by atoms with Gasteiger partial charge in [0.05, 0.1) is 0 Å². The monoisotopic (exact) mass is 462 g/mol. The highest BCUT2D eigenvalue weighted by Gasteiger charge is 2.15. The molecule has 0 bridgehead atoms. The molecule has 6 rings (SSSR count). The largest absolute Gasteiger partial charge is 0.490 e. The quantitative estimate of drug-likeness (QED) is 0.317. The van der Waals surface area contributed by atoms with E-state index in [1.165, 1.54) is 10.8 Å². The number of benzene rings is 2.